The number of benzene rings is 1. The molecule has 0 radical (unpaired) electrons. The van der Waals surface area contributed by atoms with Crippen LogP contribution in [0.15, 0.2) is 48.1 Å². The fraction of sp³-hybridized carbons (Fsp3) is 0.400. The molecule has 26 heavy (non-hydrogen) atoms. The zero-order valence-electron chi connectivity index (χ0n) is 14.8. The Morgan fingerprint density at radius 2 is 1.92 bits per heavy atom. The minimum Gasteiger partial charge on any atom is -0.325 e. The fourth-order valence-corrected chi connectivity index (χ4v) is 4.98. The first-order valence-electron chi connectivity index (χ1n) is 9.31. The first kappa shape index (κ1) is 16.2. The Labute approximate surface area is 157 Å². The molecule has 4 heterocycles. The van der Waals surface area contributed by atoms with Gasteiger partial charge in [-0.1, -0.05) is 30.3 Å². The molecule has 5 nitrogen and oxygen atoms in total. The summed E-state index contributed by atoms with van der Waals surface area (Å²) in [6, 6.07) is 10.6. The van der Waals surface area contributed by atoms with Crippen molar-refractivity contribution in [1.29, 1.82) is 0 Å². The molecule has 0 amide bonds. The second kappa shape index (κ2) is 6.61. The lowest BCUT2D eigenvalue weighted by atomic mass is 9.85. The standard InChI is InChI=1S/C20H23N5S/c1-2-4-16(5-3-1)17-14-22-19-20(23-8-12-25(17)19)6-10-24(11-7-20)15-18-21-9-13-26-18/h1-5,9,13-14,23H,6-8,10-12,15H2. The van der Waals surface area contributed by atoms with E-state index < -0.39 is 0 Å². The predicted octanol–water partition coefficient (Wildman–Crippen LogP) is 3.10. The van der Waals surface area contributed by atoms with Crippen LogP contribution in [-0.2, 0) is 18.6 Å². The molecule has 1 saturated heterocycles. The summed E-state index contributed by atoms with van der Waals surface area (Å²) in [5, 5.41) is 7.09. The average Bonchev–Trinajstić information content (AvgIpc) is 3.35. The third-order valence-electron chi connectivity index (χ3n) is 5.70. The van der Waals surface area contributed by atoms with E-state index in [0.29, 0.717) is 0 Å². The van der Waals surface area contributed by atoms with Crippen molar-refractivity contribution in [2.75, 3.05) is 19.6 Å². The third-order valence-corrected chi connectivity index (χ3v) is 6.47. The van der Waals surface area contributed by atoms with E-state index in [9.17, 15) is 0 Å². The number of aromatic nitrogens is 3. The van der Waals surface area contributed by atoms with Crippen LogP contribution < -0.4 is 5.32 Å². The van der Waals surface area contributed by atoms with Crippen LogP contribution >= 0.6 is 11.3 Å². The highest BCUT2D eigenvalue weighted by atomic mass is 32.1. The van der Waals surface area contributed by atoms with Crippen LogP contribution in [0.1, 0.15) is 23.7 Å². The zero-order valence-corrected chi connectivity index (χ0v) is 15.6. The summed E-state index contributed by atoms with van der Waals surface area (Å²) in [4.78, 5) is 11.8. The summed E-state index contributed by atoms with van der Waals surface area (Å²) in [5.41, 5.74) is 2.51. The Hall–Kier alpha value is -2.02. The van der Waals surface area contributed by atoms with E-state index >= 15 is 0 Å². The molecule has 1 fully saturated rings. The highest BCUT2D eigenvalue weighted by Crippen LogP contribution is 2.37. The molecule has 1 N–H and O–H groups in total. The van der Waals surface area contributed by atoms with Crippen molar-refractivity contribution in [3.63, 3.8) is 0 Å². The minimum absolute atomic E-state index is 0.0185. The molecule has 0 aliphatic carbocycles. The number of nitrogens with zero attached hydrogens (tertiary/aromatic N) is 4. The van der Waals surface area contributed by atoms with Gasteiger partial charge in [0.2, 0.25) is 0 Å². The van der Waals surface area contributed by atoms with Crippen LogP contribution in [0.25, 0.3) is 11.3 Å². The number of likely N-dealkylation sites (tertiary alicyclic amines) is 1. The van der Waals surface area contributed by atoms with E-state index in [1.807, 2.05) is 6.20 Å². The summed E-state index contributed by atoms with van der Waals surface area (Å²) in [7, 11) is 0. The highest BCUT2D eigenvalue weighted by Gasteiger charge is 2.41. The molecule has 3 aromatic rings. The van der Waals surface area contributed by atoms with Gasteiger partial charge in [-0.3, -0.25) is 4.90 Å². The first-order chi connectivity index (χ1) is 12.8. The zero-order chi connectivity index (χ0) is 17.4. The van der Waals surface area contributed by atoms with Crippen molar-refractivity contribution in [2.45, 2.75) is 31.5 Å². The summed E-state index contributed by atoms with van der Waals surface area (Å²) in [6.07, 6.45) is 6.16. The molecule has 2 aromatic heterocycles. The van der Waals surface area contributed by atoms with Crippen molar-refractivity contribution < 1.29 is 0 Å². The van der Waals surface area contributed by atoms with Crippen LogP contribution in [0, 0.1) is 0 Å². The van der Waals surface area contributed by atoms with Crippen LogP contribution in [0.3, 0.4) is 0 Å². The van der Waals surface area contributed by atoms with E-state index in [2.05, 4.69) is 61.7 Å². The highest BCUT2D eigenvalue weighted by molar-refractivity contribution is 7.09. The maximum absolute atomic E-state index is 4.88. The Morgan fingerprint density at radius 3 is 2.69 bits per heavy atom. The Morgan fingerprint density at radius 1 is 1.08 bits per heavy atom. The molecule has 2 aliphatic rings. The number of hydrogen-bond acceptors (Lipinski definition) is 5. The van der Waals surface area contributed by atoms with Crippen molar-refractivity contribution in [1.82, 2.24) is 24.8 Å². The maximum atomic E-state index is 4.88. The predicted molar refractivity (Wildman–Crippen MR) is 104 cm³/mol. The normalized spacial score (nSPS) is 19.5. The average molecular weight is 366 g/mol. The number of hydrogen-bond donors (Lipinski definition) is 1. The fourth-order valence-electron chi connectivity index (χ4n) is 4.32. The van der Waals surface area contributed by atoms with Gasteiger partial charge in [0.15, 0.2) is 0 Å². The van der Waals surface area contributed by atoms with Gasteiger partial charge in [-0.15, -0.1) is 11.3 Å². The molecule has 1 spiro atoms. The van der Waals surface area contributed by atoms with Crippen molar-refractivity contribution in [3.8, 4) is 11.3 Å². The topological polar surface area (TPSA) is 46.0 Å². The molecular formula is C20H23N5S. The van der Waals surface area contributed by atoms with Gasteiger partial charge >= 0.3 is 0 Å². The summed E-state index contributed by atoms with van der Waals surface area (Å²) < 4.78 is 2.43. The van der Waals surface area contributed by atoms with Gasteiger partial charge in [0, 0.05) is 37.8 Å². The Balaban J connectivity index is 1.38. The number of imidazole rings is 1. The summed E-state index contributed by atoms with van der Waals surface area (Å²) >= 11 is 1.75. The van der Waals surface area contributed by atoms with E-state index in [1.54, 1.807) is 11.3 Å². The molecule has 0 unspecified atom stereocenters. The second-order valence-electron chi connectivity index (χ2n) is 7.20. The largest absolute Gasteiger partial charge is 0.325 e. The monoisotopic (exact) mass is 365 g/mol. The van der Waals surface area contributed by atoms with Crippen molar-refractivity contribution in [3.05, 3.63) is 58.9 Å². The number of thiazole rings is 1. The lowest BCUT2D eigenvalue weighted by Crippen LogP contribution is -2.55. The van der Waals surface area contributed by atoms with Crippen molar-refractivity contribution >= 4 is 11.3 Å². The van der Waals surface area contributed by atoms with E-state index in [-0.39, 0.29) is 5.54 Å². The van der Waals surface area contributed by atoms with Gasteiger partial charge < -0.3 is 9.88 Å². The number of fused-ring (bicyclic) bond motifs is 2. The summed E-state index contributed by atoms with van der Waals surface area (Å²) in [5.74, 6) is 1.22. The first-order valence-corrected chi connectivity index (χ1v) is 10.2. The third kappa shape index (κ3) is 2.78. The van der Waals surface area contributed by atoms with Gasteiger partial charge in [0.1, 0.15) is 10.8 Å². The second-order valence-corrected chi connectivity index (χ2v) is 8.17. The molecule has 6 heteroatoms. The number of piperidine rings is 1. The van der Waals surface area contributed by atoms with Crippen LogP contribution in [0.2, 0.25) is 0 Å². The van der Waals surface area contributed by atoms with Crippen LogP contribution in [-0.4, -0.2) is 39.1 Å². The molecule has 0 saturated carbocycles. The van der Waals surface area contributed by atoms with Crippen molar-refractivity contribution in [2.24, 2.45) is 0 Å². The molecular weight excluding hydrogens is 342 g/mol. The molecule has 0 bridgehead atoms. The maximum Gasteiger partial charge on any atom is 0.129 e. The lowest BCUT2D eigenvalue weighted by molar-refractivity contribution is 0.109. The van der Waals surface area contributed by atoms with Gasteiger partial charge in [-0.05, 0) is 18.4 Å². The summed E-state index contributed by atoms with van der Waals surface area (Å²) in [6.45, 7) is 5.14. The van der Waals surface area contributed by atoms with E-state index in [0.717, 1.165) is 45.6 Å². The van der Waals surface area contributed by atoms with Gasteiger partial charge in [-0.25, -0.2) is 9.97 Å². The number of nitrogens with one attached hydrogen (secondary N) is 1. The lowest BCUT2D eigenvalue weighted by Gasteiger charge is -2.44. The minimum atomic E-state index is 0.0185. The Bertz CT molecular complexity index is 863. The molecule has 0 atom stereocenters. The van der Waals surface area contributed by atoms with Crippen LogP contribution in [0.4, 0.5) is 0 Å². The Kier molecular flexibility index (Phi) is 4.11. The SMILES string of the molecule is c1ccc(-c2cnc3n2CCNC32CCN(Cc3nccs3)CC2)cc1. The van der Waals surface area contributed by atoms with Gasteiger partial charge in [0.25, 0.3) is 0 Å². The smallest absolute Gasteiger partial charge is 0.129 e. The molecule has 5 rings (SSSR count). The quantitative estimate of drug-likeness (QED) is 0.775. The van der Waals surface area contributed by atoms with Crippen LogP contribution in [0.5, 0.6) is 0 Å². The molecule has 134 valence electrons. The van der Waals surface area contributed by atoms with Gasteiger partial charge in [-0.2, -0.15) is 0 Å². The number of rotatable bonds is 3. The van der Waals surface area contributed by atoms with E-state index in [4.69, 9.17) is 4.98 Å². The molecule has 1 aromatic carbocycles. The van der Waals surface area contributed by atoms with E-state index in [1.165, 1.54) is 22.1 Å². The molecule has 2 aliphatic heterocycles. The van der Waals surface area contributed by atoms with Gasteiger partial charge in [0.05, 0.1) is 24.0 Å².